The standard InChI is InChI=1S/C16H16Cl2O/c1-10-4-6-11(7-5-10)16(2,3)12-8-13(17)15(19)14(18)9-12/h4-9,19H,1-3H3. The molecule has 0 aromatic heterocycles. The molecule has 0 fully saturated rings. The molecule has 0 heterocycles. The minimum atomic E-state index is -0.228. The highest BCUT2D eigenvalue weighted by Gasteiger charge is 2.24. The van der Waals surface area contributed by atoms with Crippen molar-refractivity contribution in [2.45, 2.75) is 26.2 Å². The van der Waals surface area contributed by atoms with Crippen LogP contribution < -0.4 is 0 Å². The maximum Gasteiger partial charge on any atom is 0.152 e. The fraction of sp³-hybridized carbons (Fsp3) is 0.250. The van der Waals surface area contributed by atoms with Crippen molar-refractivity contribution in [3.63, 3.8) is 0 Å². The maximum atomic E-state index is 9.64. The average Bonchev–Trinajstić information content (AvgIpc) is 2.35. The molecule has 2 aromatic rings. The number of phenolic OH excluding ortho intramolecular Hbond substituents is 1. The molecular formula is C16H16Cl2O. The lowest BCUT2D eigenvalue weighted by Gasteiger charge is -2.27. The average molecular weight is 295 g/mol. The van der Waals surface area contributed by atoms with E-state index >= 15 is 0 Å². The number of aromatic hydroxyl groups is 1. The van der Waals surface area contributed by atoms with E-state index in [1.165, 1.54) is 11.1 Å². The van der Waals surface area contributed by atoms with Gasteiger partial charge in [-0.25, -0.2) is 0 Å². The number of phenols is 1. The molecule has 0 amide bonds. The maximum absolute atomic E-state index is 9.64. The second-order valence-corrected chi connectivity index (χ2v) is 6.09. The van der Waals surface area contributed by atoms with Crippen LogP contribution in [0.5, 0.6) is 5.75 Å². The number of aryl methyl sites for hydroxylation is 1. The summed E-state index contributed by atoms with van der Waals surface area (Å²) in [5, 5.41) is 10.2. The quantitative estimate of drug-likeness (QED) is 0.793. The van der Waals surface area contributed by atoms with Gasteiger partial charge in [-0.3, -0.25) is 0 Å². The van der Waals surface area contributed by atoms with Gasteiger partial charge in [-0.05, 0) is 30.2 Å². The lowest BCUT2D eigenvalue weighted by Crippen LogP contribution is -2.18. The number of hydrogen-bond acceptors (Lipinski definition) is 1. The van der Waals surface area contributed by atoms with Crippen LogP contribution in [0.1, 0.15) is 30.5 Å². The molecule has 3 heteroatoms. The molecule has 0 aliphatic rings. The third-order valence-corrected chi connectivity index (χ3v) is 4.09. The lowest BCUT2D eigenvalue weighted by atomic mass is 9.78. The van der Waals surface area contributed by atoms with E-state index in [0.717, 1.165) is 5.56 Å². The first-order valence-corrected chi connectivity index (χ1v) is 6.83. The summed E-state index contributed by atoms with van der Waals surface area (Å²) >= 11 is 12.0. The fourth-order valence-electron chi connectivity index (χ4n) is 2.06. The van der Waals surface area contributed by atoms with Gasteiger partial charge in [-0.15, -0.1) is 0 Å². The molecule has 0 aliphatic carbocycles. The summed E-state index contributed by atoms with van der Waals surface area (Å²) in [6, 6.07) is 11.9. The van der Waals surface area contributed by atoms with Gasteiger partial charge < -0.3 is 5.11 Å². The zero-order valence-electron chi connectivity index (χ0n) is 11.2. The van der Waals surface area contributed by atoms with Crippen LogP contribution in [0.4, 0.5) is 0 Å². The van der Waals surface area contributed by atoms with Crippen LogP contribution in [0.25, 0.3) is 0 Å². The molecule has 0 aliphatic heterocycles. The smallest absolute Gasteiger partial charge is 0.152 e. The minimum Gasteiger partial charge on any atom is -0.505 e. The summed E-state index contributed by atoms with van der Waals surface area (Å²) in [7, 11) is 0. The molecule has 0 unspecified atom stereocenters. The van der Waals surface area contributed by atoms with Crippen LogP contribution in [-0.4, -0.2) is 5.11 Å². The lowest BCUT2D eigenvalue weighted by molar-refractivity contribution is 0.475. The second kappa shape index (κ2) is 5.07. The summed E-state index contributed by atoms with van der Waals surface area (Å²) < 4.78 is 0. The molecule has 2 rings (SSSR count). The van der Waals surface area contributed by atoms with Gasteiger partial charge in [0.1, 0.15) is 0 Å². The van der Waals surface area contributed by atoms with Gasteiger partial charge in [0.15, 0.2) is 5.75 Å². The Labute approximate surface area is 123 Å². The van der Waals surface area contributed by atoms with Crippen molar-refractivity contribution in [3.05, 3.63) is 63.1 Å². The normalized spacial score (nSPS) is 11.6. The summed E-state index contributed by atoms with van der Waals surface area (Å²) in [6.45, 7) is 6.28. The highest BCUT2D eigenvalue weighted by atomic mass is 35.5. The Balaban J connectivity index is 2.52. The van der Waals surface area contributed by atoms with Crippen molar-refractivity contribution in [2.24, 2.45) is 0 Å². The molecule has 0 atom stereocenters. The number of hydrogen-bond donors (Lipinski definition) is 1. The van der Waals surface area contributed by atoms with Gasteiger partial charge >= 0.3 is 0 Å². The van der Waals surface area contributed by atoms with E-state index in [9.17, 15) is 5.11 Å². The molecule has 2 aromatic carbocycles. The van der Waals surface area contributed by atoms with Gasteiger partial charge in [0.05, 0.1) is 10.0 Å². The van der Waals surface area contributed by atoms with Crippen molar-refractivity contribution < 1.29 is 5.11 Å². The van der Waals surface area contributed by atoms with Gasteiger partial charge in [0.25, 0.3) is 0 Å². The Hall–Kier alpha value is -1.18. The van der Waals surface area contributed by atoms with Crippen LogP contribution in [0.2, 0.25) is 10.0 Å². The summed E-state index contributed by atoms with van der Waals surface area (Å²) in [5.74, 6) is -0.0632. The molecule has 0 saturated carbocycles. The molecule has 0 radical (unpaired) electrons. The summed E-state index contributed by atoms with van der Waals surface area (Å²) in [5.41, 5.74) is 3.15. The van der Waals surface area contributed by atoms with Gasteiger partial charge in [0, 0.05) is 5.41 Å². The van der Waals surface area contributed by atoms with E-state index in [4.69, 9.17) is 23.2 Å². The van der Waals surface area contributed by atoms with Gasteiger partial charge in [-0.2, -0.15) is 0 Å². The molecule has 1 nitrogen and oxygen atoms in total. The first-order chi connectivity index (χ1) is 8.82. The molecule has 0 saturated heterocycles. The van der Waals surface area contributed by atoms with Crippen molar-refractivity contribution >= 4 is 23.2 Å². The molecule has 0 bridgehead atoms. The van der Waals surface area contributed by atoms with Crippen LogP contribution >= 0.6 is 23.2 Å². The first kappa shape index (κ1) is 14.2. The van der Waals surface area contributed by atoms with Crippen molar-refractivity contribution in [2.75, 3.05) is 0 Å². The van der Waals surface area contributed by atoms with E-state index in [-0.39, 0.29) is 21.2 Å². The Kier molecular flexibility index (Phi) is 3.80. The third kappa shape index (κ3) is 2.72. The minimum absolute atomic E-state index is 0.0632. The number of benzene rings is 2. The topological polar surface area (TPSA) is 20.2 Å². The Morgan fingerprint density at radius 3 is 1.84 bits per heavy atom. The highest BCUT2D eigenvalue weighted by Crippen LogP contribution is 2.39. The zero-order chi connectivity index (χ0) is 14.2. The Bertz CT molecular complexity index is 578. The molecule has 0 spiro atoms. The molecular weight excluding hydrogens is 279 g/mol. The summed E-state index contributed by atoms with van der Waals surface area (Å²) in [6.07, 6.45) is 0. The van der Waals surface area contributed by atoms with Crippen molar-refractivity contribution in [1.82, 2.24) is 0 Å². The van der Waals surface area contributed by atoms with Crippen molar-refractivity contribution in [3.8, 4) is 5.75 Å². The van der Waals surface area contributed by atoms with Gasteiger partial charge in [0.2, 0.25) is 0 Å². The molecule has 1 N–H and O–H groups in total. The zero-order valence-corrected chi connectivity index (χ0v) is 12.7. The monoisotopic (exact) mass is 294 g/mol. The van der Waals surface area contributed by atoms with Crippen LogP contribution in [0, 0.1) is 6.92 Å². The van der Waals surface area contributed by atoms with Crippen LogP contribution in [-0.2, 0) is 5.41 Å². The second-order valence-electron chi connectivity index (χ2n) is 5.28. The Morgan fingerprint density at radius 1 is 0.895 bits per heavy atom. The fourth-order valence-corrected chi connectivity index (χ4v) is 2.55. The predicted molar refractivity (Wildman–Crippen MR) is 81.4 cm³/mol. The summed E-state index contributed by atoms with van der Waals surface area (Å²) in [4.78, 5) is 0. The van der Waals surface area contributed by atoms with E-state index in [2.05, 4.69) is 45.0 Å². The first-order valence-electron chi connectivity index (χ1n) is 6.08. The largest absolute Gasteiger partial charge is 0.505 e. The molecule has 100 valence electrons. The predicted octanol–water partition coefficient (Wildman–Crippen LogP) is 5.33. The number of halogens is 2. The van der Waals surface area contributed by atoms with E-state index in [1.807, 2.05) is 0 Å². The SMILES string of the molecule is Cc1ccc(C(C)(C)c2cc(Cl)c(O)c(Cl)c2)cc1. The van der Waals surface area contributed by atoms with E-state index < -0.39 is 0 Å². The third-order valence-electron chi connectivity index (χ3n) is 3.51. The molecule has 19 heavy (non-hydrogen) atoms. The van der Waals surface area contributed by atoms with E-state index in [0.29, 0.717) is 0 Å². The Morgan fingerprint density at radius 2 is 1.37 bits per heavy atom. The van der Waals surface area contributed by atoms with Gasteiger partial charge in [-0.1, -0.05) is 66.9 Å². The van der Waals surface area contributed by atoms with Crippen LogP contribution in [0.3, 0.4) is 0 Å². The number of rotatable bonds is 2. The highest BCUT2D eigenvalue weighted by molar-refractivity contribution is 6.37. The van der Waals surface area contributed by atoms with E-state index in [1.54, 1.807) is 12.1 Å². The van der Waals surface area contributed by atoms with Crippen molar-refractivity contribution in [1.29, 1.82) is 0 Å². The van der Waals surface area contributed by atoms with Crippen LogP contribution in [0.15, 0.2) is 36.4 Å².